The normalized spacial score (nSPS) is 11.5. The Hall–Kier alpha value is -3.10. The molecule has 3 aromatic rings. The van der Waals surface area contributed by atoms with Crippen LogP contribution >= 0.6 is 0 Å². The summed E-state index contributed by atoms with van der Waals surface area (Å²) in [5.74, 6) is 0.463. The van der Waals surface area contributed by atoms with E-state index >= 15 is 0 Å². The van der Waals surface area contributed by atoms with Crippen LogP contribution in [0.25, 0.3) is 0 Å². The van der Waals surface area contributed by atoms with E-state index in [1.54, 1.807) is 20.9 Å². The van der Waals surface area contributed by atoms with Crippen molar-refractivity contribution >= 4 is 15.9 Å². The minimum Gasteiger partial charge on any atom is -0.489 e. The minimum atomic E-state index is -3.62. The number of aromatic nitrogens is 1. The number of nitrogens with zero attached hydrogens (tertiary/aromatic N) is 2. The molecule has 0 aliphatic heterocycles. The van der Waals surface area contributed by atoms with Gasteiger partial charge in [-0.1, -0.05) is 56.3 Å². The third kappa shape index (κ3) is 5.57. The first-order chi connectivity index (χ1) is 15.3. The van der Waals surface area contributed by atoms with Crippen molar-refractivity contribution in [1.29, 1.82) is 0 Å². The lowest BCUT2D eigenvalue weighted by atomic mass is 10.1. The molecule has 0 fully saturated rings. The maximum atomic E-state index is 12.7. The van der Waals surface area contributed by atoms with Gasteiger partial charge in [-0.3, -0.25) is 4.79 Å². The summed E-state index contributed by atoms with van der Waals surface area (Å²) in [7, 11) is -1.96. The highest BCUT2D eigenvalue weighted by Gasteiger charge is 2.25. The summed E-state index contributed by atoms with van der Waals surface area (Å²) in [6.07, 6.45) is 1.48. The van der Waals surface area contributed by atoms with Crippen molar-refractivity contribution < 1.29 is 17.9 Å². The minimum absolute atomic E-state index is 0.119. The van der Waals surface area contributed by atoms with Crippen molar-refractivity contribution in [3.8, 4) is 5.75 Å². The Labute approximate surface area is 189 Å². The van der Waals surface area contributed by atoms with Gasteiger partial charge in [0, 0.05) is 32.9 Å². The molecule has 0 saturated heterocycles. The summed E-state index contributed by atoms with van der Waals surface area (Å²) < 4.78 is 34.1. The zero-order valence-electron chi connectivity index (χ0n) is 18.6. The van der Waals surface area contributed by atoms with E-state index in [0.717, 1.165) is 16.9 Å². The second-order valence-electron chi connectivity index (χ2n) is 7.37. The zero-order chi connectivity index (χ0) is 23.1. The Balaban J connectivity index is 1.64. The second kappa shape index (κ2) is 10.5. The molecule has 0 spiro atoms. The Kier molecular flexibility index (Phi) is 7.71. The molecule has 0 aliphatic rings. The average Bonchev–Trinajstić information content (AvgIpc) is 3.20. The van der Waals surface area contributed by atoms with Crippen molar-refractivity contribution in [2.45, 2.75) is 31.9 Å². The lowest BCUT2D eigenvalue weighted by Crippen LogP contribution is -2.30. The van der Waals surface area contributed by atoms with Crippen LogP contribution in [0.5, 0.6) is 5.75 Å². The van der Waals surface area contributed by atoms with E-state index < -0.39 is 10.0 Å². The van der Waals surface area contributed by atoms with Gasteiger partial charge in [-0.15, -0.1) is 0 Å². The summed E-state index contributed by atoms with van der Waals surface area (Å²) >= 11 is 0. The van der Waals surface area contributed by atoms with Crippen molar-refractivity contribution in [2.75, 3.05) is 13.1 Å². The summed E-state index contributed by atoms with van der Waals surface area (Å²) in [6, 6.07) is 18.8. The third-order valence-electron chi connectivity index (χ3n) is 5.15. The van der Waals surface area contributed by atoms with Crippen LogP contribution < -0.4 is 10.1 Å². The van der Waals surface area contributed by atoms with Crippen molar-refractivity contribution in [1.82, 2.24) is 14.2 Å². The number of hydrogen-bond donors (Lipinski definition) is 1. The molecular formula is C24H29N3O4S. The van der Waals surface area contributed by atoms with E-state index in [1.807, 2.05) is 54.6 Å². The van der Waals surface area contributed by atoms with Gasteiger partial charge in [0.1, 0.15) is 22.9 Å². The monoisotopic (exact) mass is 455 g/mol. The number of aryl methyl sites for hydroxylation is 1. The highest BCUT2D eigenvalue weighted by molar-refractivity contribution is 7.89. The largest absolute Gasteiger partial charge is 0.489 e. The van der Waals surface area contributed by atoms with Crippen LogP contribution in [0.3, 0.4) is 0 Å². The fourth-order valence-corrected chi connectivity index (χ4v) is 4.93. The van der Waals surface area contributed by atoms with Gasteiger partial charge in [-0.2, -0.15) is 4.31 Å². The Morgan fingerprint density at radius 2 is 1.69 bits per heavy atom. The van der Waals surface area contributed by atoms with Crippen molar-refractivity contribution in [2.24, 2.45) is 7.05 Å². The summed E-state index contributed by atoms with van der Waals surface area (Å²) in [5.41, 5.74) is 2.21. The average molecular weight is 456 g/mol. The maximum Gasteiger partial charge on any atom is 0.268 e. The van der Waals surface area contributed by atoms with Crippen LogP contribution in [0.4, 0.5) is 0 Å². The van der Waals surface area contributed by atoms with Crippen molar-refractivity contribution in [3.05, 3.63) is 83.7 Å². The van der Waals surface area contributed by atoms with Crippen LogP contribution in [-0.2, 0) is 30.2 Å². The van der Waals surface area contributed by atoms with E-state index in [9.17, 15) is 13.2 Å². The number of rotatable bonds is 10. The maximum absolute atomic E-state index is 12.7. The number of sulfonamides is 1. The molecule has 0 radical (unpaired) electrons. The van der Waals surface area contributed by atoms with Gasteiger partial charge in [0.05, 0.1) is 0 Å². The standard InChI is InChI=1S/C24H29N3O4S/c1-4-27(5-2)32(29,30)22-15-23(26(3)17-22)24(28)25-16-19-10-9-11-20(14-19)18-31-21-12-7-6-8-13-21/h6-15,17H,4-5,16,18H2,1-3H3,(H,25,28). The molecule has 1 aromatic heterocycles. The molecule has 1 amide bonds. The number of carbonyl (C=O) groups excluding carboxylic acids is 1. The topological polar surface area (TPSA) is 80.6 Å². The highest BCUT2D eigenvalue weighted by atomic mass is 32.2. The van der Waals surface area contributed by atoms with E-state index in [-0.39, 0.29) is 10.8 Å². The van der Waals surface area contributed by atoms with Gasteiger partial charge in [0.25, 0.3) is 5.91 Å². The number of hydrogen-bond acceptors (Lipinski definition) is 4. The van der Waals surface area contributed by atoms with Gasteiger partial charge in [-0.25, -0.2) is 8.42 Å². The smallest absolute Gasteiger partial charge is 0.268 e. The molecule has 3 rings (SSSR count). The van der Waals surface area contributed by atoms with E-state index in [1.165, 1.54) is 21.1 Å². The molecule has 7 nitrogen and oxygen atoms in total. The van der Waals surface area contributed by atoms with Crippen LogP contribution in [0.15, 0.2) is 71.8 Å². The first kappa shape index (κ1) is 23.6. The first-order valence-electron chi connectivity index (χ1n) is 10.6. The zero-order valence-corrected chi connectivity index (χ0v) is 19.4. The lowest BCUT2D eigenvalue weighted by Gasteiger charge is -2.17. The molecule has 0 atom stereocenters. The molecule has 0 saturated carbocycles. The van der Waals surface area contributed by atoms with Crippen LogP contribution in [0, 0.1) is 0 Å². The third-order valence-corrected chi connectivity index (χ3v) is 7.16. The lowest BCUT2D eigenvalue weighted by molar-refractivity contribution is 0.0942. The molecule has 8 heteroatoms. The Morgan fingerprint density at radius 3 is 2.38 bits per heavy atom. The van der Waals surface area contributed by atoms with Crippen molar-refractivity contribution in [3.63, 3.8) is 0 Å². The first-order valence-corrected chi connectivity index (χ1v) is 12.0. The van der Waals surface area contributed by atoms with E-state index in [2.05, 4.69) is 5.32 Å². The van der Waals surface area contributed by atoms with Crippen LogP contribution in [0.2, 0.25) is 0 Å². The fraction of sp³-hybridized carbons (Fsp3) is 0.292. The van der Waals surface area contributed by atoms with Gasteiger partial charge in [-0.05, 0) is 29.3 Å². The van der Waals surface area contributed by atoms with Gasteiger partial charge >= 0.3 is 0 Å². The van der Waals surface area contributed by atoms with Gasteiger partial charge < -0.3 is 14.6 Å². The SMILES string of the molecule is CCN(CC)S(=O)(=O)c1cc(C(=O)NCc2cccc(COc3ccccc3)c2)n(C)c1. The molecule has 32 heavy (non-hydrogen) atoms. The molecule has 1 N–H and O–H groups in total. The number of amides is 1. The molecular weight excluding hydrogens is 426 g/mol. The quantitative estimate of drug-likeness (QED) is 0.507. The van der Waals surface area contributed by atoms with E-state index in [0.29, 0.717) is 31.9 Å². The summed E-state index contributed by atoms with van der Waals surface area (Å²) in [5, 5.41) is 2.87. The molecule has 0 aliphatic carbocycles. The predicted molar refractivity (Wildman–Crippen MR) is 124 cm³/mol. The number of benzene rings is 2. The molecule has 1 heterocycles. The highest BCUT2D eigenvalue weighted by Crippen LogP contribution is 2.19. The molecule has 170 valence electrons. The Morgan fingerprint density at radius 1 is 1.00 bits per heavy atom. The van der Waals surface area contributed by atoms with Gasteiger partial charge in [0.15, 0.2) is 0 Å². The molecule has 0 bridgehead atoms. The van der Waals surface area contributed by atoms with Crippen LogP contribution in [-0.4, -0.2) is 36.3 Å². The number of ether oxygens (including phenoxy) is 1. The summed E-state index contributed by atoms with van der Waals surface area (Å²) in [6.45, 7) is 5.07. The fourth-order valence-electron chi connectivity index (χ4n) is 3.40. The Bertz CT molecular complexity index is 1150. The second-order valence-corrected chi connectivity index (χ2v) is 9.30. The summed E-state index contributed by atoms with van der Waals surface area (Å²) in [4.78, 5) is 12.8. The molecule has 0 unspecified atom stereocenters. The molecule has 2 aromatic carbocycles. The van der Waals surface area contributed by atoms with Gasteiger partial charge in [0.2, 0.25) is 10.0 Å². The number of nitrogens with one attached hydrogen (secondary N) is 1. The van der Waals surface area contributed by atoms with Crippen LogP contribution in [0.1, 0.15) is 35.5 Å². The number of para-hydroxylation sites is 1. The number of carbonyl (C=O) groups is 1. The predicted octanol–water partition coefficient (Wildman–Crippen LogP) is 3.56. The van der Waals surface area contributed by atoms with E-state index in [4.69, 9.17) is 4.74 Å².